The van der Waals surface area contributed by atoms with Crippen LogP contribution in [-0.2, 0) is 11.2 Å². The third-order valence-corrected chi connectivity index (χ3v) is 4.71. The number of ether oxygens (including phenoxy) is 1. The minimum atomic E-state index is 0.512. The highest BCUT2D eigenvalue weighted by molar-refractivity contribution is 7.09. The first-order valence-electron chi connectivity index (χ1n) is 7.21. The van der Waals surface area contributed by atoms with E-state index in [1.807, 2.05) is 11.3 Å². The van der Waals surface area contributed by atoms with Crippen LogP contribution in [0.2, 0.25) is 0 Å². The maximum Gasteiger partial charge on any atom is 0.0601 e. The van der Waals surface area contributed by atoms with Crippen molar-refractivity contribution in [3.8, 4) is 0 Å². The zero-order valence-electron chi connectivity index (χ0n) is 11.4. The molecule has 3 heteroatoms. The van der Waals surface area contributed by atoms with Crippen LogP contribution in [0.3, 0.4) is 0 Å². The molecule has 2 nitrogen and oxygen atoms in total. The Bertz CT molecular complexity index is 312. The van der Waals surface area contributed by atoms with Gasteiger partial charge in [-0.3, -0.25) is 0 Å². The largest absolute Gasteiger partial charge is 0.377 e. The zero-order chi connectivity index (χ0) is 12.6. The van der Waals surface area contributed by atoms with Gasteiger partial charge < -0.3 is 10.1 Å². The lowest BCUT2D eigenvalue weighted by Crippen LogP contribution is -2.29. The topological polar surface area (TPSA) is 21.3 Å². The van der Waals surface area contributed by atoms with Crippen LogP contribution in [0.1, 0.15) is 37.5 Å². The summed E-state index contributed by atoms with van der Waals surface area (Å²) in [6.07, 6.45) is 6.99. The summed E-state index contributed by atoms with van der Waals surface area (Å²) in [6, 6.07) is 4.32. The average molecular weight is 267 g/mol. The van der Waals surface area contributed by atoms with E-state index >= 15 is 0 Å². The van der Waals surface area contributed by atoms with E-state index in [-0.39, 0.29) is 0 Å². The van der Waals surface area contributed by atoms with E-state index in [1.165, 1.54) is 30.6 Å². The number of hydrogen-bond acceptors (Lipinski definition) is 3. The summed E-state index contributed by atoms with van der Waals surface area (Å²) >= 11 is 1.84. The lowest BCUT2D eigenvalue weighted by Gasteiger charge is -2.28. The summed E-state index contributed by atoms with van der Waals surface area (Å²) < 4.78 is 5.97. The number of rotatable bonds is 7. The molecule has 18 heavy (non-hydrogen) atoms. The first kappa shape index (κ1) is 14.0. The van der Waals surface area contributed by atoms with Gasteiger partial charge in [-0.2, -0.15) is 0 Å². The predicted octanol–water partition coefficient (Wildman–Crippen LogP) is 3.48. The van der Waals surface area contributed by atoms with Gasteiger partial charge in [-0.25, -0.2) is 0 Å². The van der Waals surface area contributed by atoms with E-state index in [1.54, 1.807) is 0 Å². The Morgan fingerprint density at radius 2 is 2.22 bits per heavy atom. The van der Waals surface area contributed by atoms with Gasteiger partial charge >= 0.3 is 0 Å². The van der Waals surface area contributed by atoms with Crippen LogP contribution in [0.15, 0.2) is 17.5 Å². The van der Waals surface area contributed by atoms with Crippen LogP contribution < -0.4 is 5.32 Å². The van der Waals surface area contributed by atoms with Crippen molar-refractivity contribution in [2.45, 2.75) is 45.1 Å². The van der Waals surface area contributed by atoms with E-state index in [0.29, 0.717) is 6.10 Å². The van der Waals surface area contributed by atoms with Gasteiger partial charge in [0.25, 0.3) is 0 Å². The van der Waals surface area contributed by atoms with Gasteiger partial charge in [-0.1, -0.05) is 25.8 Å². The minimum Gasteiger partial charge on any atom is -0.377 e. The molecule has 0 aromatic carbocycles. The Labute approximate surface area is 115 Å². The van der Waals surface area contributed by atoms with Gasteiger partial charge in [0.15, 0.2) is 0 Å². The fourth-order valence-corrected chi connectivity index (χ4v) is 3.31. The maximum absolute atomic E-state index is 5.97. The fraction of sp³-hybridized carbons (Fsp3) is 0.733. The molecule has 2 rings (SSSR count). The van der Waals surface area contributed by atoms with E-state index in [2.05, 4.69) is 29.8 Å². The smallest absolute Gasteiger partial charge is 0.0601 e. The molecule has 0 radical (unpaired) electrons. The lowest BCUT2D eigenvalue weighted by molar-refractivity contribution is -0.00306. The van der Waals surface area contributed by atoms with Crippen molar-refractivity contribution in [1.82, 2.24) is 5.32 Å². The molecule has 1 aliphatic rings. The first-order valence-corrected chi connectivity index (χ1v) is 8.09. The van der Waals surface area contributed by atoms with Crippen molar-refractivity contribution in [2.75, 3.05) is 19.7 Å². The molecular formula is C15H25NOS. The molecule has 1 N–H and O–H groups in total. The zero-order valence-corrected chi connectivity index (χ0v) is 12.2. The van der Waals surface area contributed by atoms with Crippen LogP contribution in [0, 0.1) is 5.92 Å². The molecule has 2 unspecified atom stereocenters. The standard InChI is InChI=1S/C15H25NOS/c1-13-5-2-3-7-15(13)17-11-10-16-9-8-14-6-4-12-18-14/h4,6,12-13,15-16H,2-3,5,7-11H2,1H3. The second kappa shape index (κ2) is 7.93. The molecule has 102 valence electrons. The van der Waals surface area contributed by atoms with Crippen LogP contribution in [0.5, 0.6) is 0 Å². The summed E-state index contributed by atoms with van der Waals surface area (Å²) in [6.45, 7) is 5.23. The van der Waals surface area contributed by atoms with Crippen LogP contribution in [-0.4, -0.2) is 25.8 Å². The van der Waals surface area contributed by atoms with E-state index < -0.39 is 0 Å². The van der Waals surface area contributed by atoms with Crippen molar-refractivity contribution < 1.29 is 4.74 Å². The molecule has 1 aromatic rings. The van der Waals surface area contributed by atoms with Gasteiger partial charge in [-0.05, 0) is 36.6 Å². The number of hydrogen-bond donors (Lipinski definition) is 1. The monoisotopic (exact) mass is 267 g/mol. The van der Waals surface area contributed by atoms with Gasteiger partial charge in [0.05, 0.1) is 12.7 Å². The maximum atomic E-state index is 5.97. The van der Waals surface area contributed by atoms with Gasteiger partial charge in [0.1, 0.15) is 0 Å². The molecule has 0 spiro atoms. The van der Waals surface area contributed by atoms with Gasteiger partial charge in [0.2, 0.25) is 0 Å². The molecule has 0 saturated heterocycles. The fourth-order valence-electron chi connectivity index (χ4n) is 2.60. The second-order valence-corrected chi connectivity index (χ2v) is 6.28. The minimum absolute atomic E-state index is 0.512. The van der Waals surface area contributed by atoms with Crippen LogP contribution in [0.25, 0.3) is 0 Å². The van der Waals surface area contributed by atoms with E-state index in [9.17, 15) is 0 Å². The second-order valence-electron chi connectivity index (χ2n) is 5.25. The SMILES string of the molecule is CC1CCCCC1OCCNCCc1cccs1. The van der Waals surface area contributed by atoms with Gasteiger partial charge in [0, 0.05) is 18.0 Å². The number of thiophene rings is 1. The summed E-state index contributed by atoms with van der Waals surface area (Å²) in [5, 5.41) is 5.60. The molecule has 0 bridgehead atoms. The first-order chi connectivity index (χ1) is 8.86. The van der Waals surface area contributed by atoms with Gasteiger partial charge in [-0.15, -0.1) is 11.3 Å². The Kier molecular flexibility index (Phi) is 6.18. The Morgan fingerprint density at radius 3 is 3.00 bits per heavy atom. The molecule has 1 aliphatic carbocycles. The van der Waals surface area contributed by atoms with Crippen molar-refractivity contribution in [3.63, 3.8) is 0 Å². The highest BCUT2D eigenvalue weighted by Gasteiger charge is 2.21. The number of nitrogens with one attached hydrogen (secondary N) is 1. The normalized spacial score (nSPS) is 24.3. The molecule has 1 heterocycles. The van der Waals surface area contributed by atoms with E-state index in [0.717, 1.165) is 32.0 Å². The summed E-state index contributed by atoms with van der Waals surface area (Å²) in [7, 11) is 0. The molecule has 2 atom stereocenters. The van der Waals surface area contributed by atoms with Crippen molar-refractivity contribution >= 4 is 11.3 Å². The Balaban J connectivity index is 1.48. The van der Waals surface area contributed by atoms with Crippen molar-refractivity contribution in [3.05, 3.63) is 22.4 Å². The average Bonchev–Trinajstić information content (AvgIpc) is 2.89. The third kappa shape index (κ3) is 4.71. The molecule has 0 amide bonds. The summed E-state index contributed by atoms with van der Waals surface area (Å²) in [5.74, 6) is 0.755. The molecule has 1 fully saturated rings. The Hall–Kier alpha value is -0.380. The lowest BCUT2D eigenvalue weighted by atomic mass is 9.88. The highest BCUT2D eigenvalue weighted by atomic mass is 32.1. The molecule has 0 aliphatic heterocycles. The highest BCUT2D eigenvalue weighted by Crippen LogP contribution is 2.25. The molecule has 1 saturated carbocycles. The van der Waals surface area contributed by atoms with Crippen LogP contribution in [0.4, 0.5) is 0 Å². The van der Waals surface area contributed by atoms with E-state index in [4.69, 9.17) is 4.74 Å². The molecule has 1 aromatic heterocycles. The van der Waals surface area contributed by atoms with Crippen LogP contribution >= 0.6 is 11.3 Å². The summed E-state index contributed by atoms with van der Waals surface area (Å²) in [5.41, 5.74) is 0. The van der Waals surface area contributed by atoms with Crippen molar-refractivity contribution in [2.24, 2.45) is 5.92 Å². The summed E-state index contributed by atoms with van der Waals surface area (Å²) in [4.78, 5) is 1.46. The third-order valence-electron chi connectivity index (χ3n) is 3.77. The van der Waals surface area contributed by atoms with Crippen molar-refractivity contribution in [1.29, 1.82) is 0 Å². The molecular weight excluding hydrogens is 242 g/mol. The predicted molar refractivity (Wildman–Crippen MR) is 78.3 cm³/mol. The quantitative estimate of drug-likeness (QED) is 0.764. The Morgan fingerprint density at radius 1 is 1.33 bits per heavy atom.